The molecule has 1 fully saturated rings. The zero-order valence-electron chi connectivity index (χ0n) is 25.6. The molecule has 238 valence electrons. The molecule has 0 N–H and O–H groups in total. The predicted octanol–water partition coefficient (Wildman–Crippen LogP) is 4.67. The van der Waals surface area contributed by atoms with Gasteiger partial charge in [0.25, 0.3) is 0 Å². The summed E-state index contributed by atoms with van der Waals surface area (Å²) >= 11 is 0. The second kappa shape index (κ2) is 13.5. The molecule has 1 amide bonds. The number of nitrogens with zero attached hydrogens (tertiary/aromatic N) is 3. The van der Waals surface area contributed by atoms with Crippen LogP contribution < -0.4 is 4.90 Å². The molecule has 0 radical (unpaired) electrons. The molecule has 1 aliphatic heterocycles. The molecule has 1 aromatic heterocycles. The lowest BCUT2D eigenvalue weighted by molar-refractivity contribution is -0.154. The second-order valence-corrected chi connectivity index (χ2v) is 14.3. The fourth-order valence-corrected chi connectivity index (χ4v) is 6.86. The maximum atomic E-state index is 15.4. The minimum Gasteiger partial charge on any atom is -0.460 e. The molecule has 44 heavy (non-hydrogen) atoms. The van der Waals surface area contributed by atoms with Crippen molar-refractivity contribution in [1.29, 1.82) is 0 Å². The van der Waals surface area contributed by atoms with E-state index < -0.39 is 44.2 Å². The molecule has 1 aromatic carbocycles. The number of ketones is 1. The second-order valence-electron chi connectivity index (χ2n) is 12.1. The molecule has 0 saturated carbocycles. The summed E-state index contributed by atoms with van der Waals surface area (Å²) in [6.07, 6.45) is 4.76. The summed E-state index contributed by atoms with van der Waals surface area (Å²) in [6.45, 7) is 9.05. The van der Waals surface area contributed by atoms with E-state index in [4.69, 9.17) is 4.74 Å². The SMILES string of the molecule is CCCS(=O)(=O)Cc1ccc(F)c(C(=O)C2=CCc3ncc(N4CCN(C(=O)CCCC(=O)OC(C)(C)C)CC4)cc32)c1F. The number of piperazine rings is 1. The van der Waals surface area contributed by atoms with Gasteiger partial charge in [-0.3, -0.25) is 19.4 Å². The number of carbonyl (C=O) groups excluding carboxylic acids is 3. The van der Waals surface area contributed by atoms with E-state index >= 15 is 4.39 Å². The van der Waals surface area contributed by atoms with Crippen LogP contribution in [0.5, 0.6) is 0 Å². The van der Waals surface area contributed by atoms with Crippen molar-refractivity contribution in [2.24, 2.45) is 0 Å². The fraction of sp³-hybridized carbons (Fsp3) is 0.500. The van der Waals surface area contributed by atoms with Crippen molar-refractivity contribution in [3.05, 3.63) is 64.5 Å². The first-order valence-corrected chi connectivity index (χ1v) is 16.7. The molecule has 4 rings (SSSR count). The van der Waals surface area contributed by atoms with Crippen molar-refractivity contribution in [2.45, 2.75) is 71.2 Å². The van der Waals surface area contributed by atoms with Gasteiger partial charge in [0.2, 0.25) is 5.91 Å². The first-order valence-electron chi connectivity index (χ1n) is 14.8. The van der Waals surface area contributed by atoms with E-state index in [-0.39, 0.29) is 41.6 Å². The summed E-state index contributed by atoms with van der Waals surface area (Å²) in [5, 5.41) is 0. The lowest BCUT2D eigenvalue weighted by Crippen LogP contribution is -2.48. The molecule has 9 nitrogen and oxygen atoms in total. The van der Waals surface area contributed by atoms with Gasteiger partial charge in [0, 0.05) is 62.1 Å². The van der Waals surface area contributed by atoms with E-state index in [2.05, 4.69) is 4.98 Å². The van der Waals surface area contributed by atoms with E-state index in [0.29, 0.717) is 62.4 Å². The maximum Gasteiger partial charge on any atom is 0.306 e. The van der Waals surface area contributed by atoms with Gasteiger partial charge in [-0.05, 0) is 45.7 Å². The minimum atomic E-state index is -3.62. The molecule has 12 heteroatoms. The topological polar surface area (TPSA) is 114 Å². The fourth-order valence-electron chi connectivity index (χ4n) is 5.39. The monoisotopic (exact) mass is 631 g/mol. The van der Waals surface area contributed by atoms with E-state index in [0.717, 1.165) is 12.1 Å². The summed E-state index contributed by atoms with van der Waals surface area (Å²) in [4.78, 5) is 46.4. The summed E-state index contributed by atoms with van der Waals surface area (Å²) in [5.74, 6) is -4.22. The summed E-state index contributed by atoms with van der Waals surface area (Å²) < 4.78 is 60.1. The van der Waals surface area contributed by atoms with E-state index in [1.165, 1.54) is 0 Å². The van der Waals surface area contributed by atoms with E-state index in [1.807, 2.05) is 4.90 Å². The summed E-state index contributed by atoms with van der Waals surface area (Å²) in [5.41, 5.74) is 0.295. The van der Waals surface area contributed by atoms with Gasteiger partial charge in [-0.1, -0.05) is 19.1 Å². The summed E-state index contributed by atoms with van der Waals surface area (Å²) in [7, 11) is -3.62. The molecule has 0 atom stereocenters. The number of aromatic nitrogens is 1. The van der Waals surface area contributed by atoms with Crippen LogP contribution in [0.15, 0.2) is 30.5 Å². The zero-order chi connectivity index (χ0) is 32.2. The number of anilines is 1. The van der Waals surface area contributed by atoms with Crippen LogP contribution >= 0.6 is 0 Å². The van der Waals surface area contributed by atoms with Crippen molar-refractivity contribution in [3.63, 3.8) is 0 Å². The van der Waals surface area contributed by atoms with Crippen LogP contribution in [0.25, 0.3) is 5.57 Å². The lowest BCUT2D eigenvalue weighted by Gasteiger charge is -2.36. The largest absolute Gasteiger partial charge is 0.460 e. The number of amides is 1. The quantitative estimate of drug-likeness (QED) is 0.260. The van der Waals surface area contributed by atoms with Gasteiger partial charge >= 0.3 is 5.97 Å². The Kier molecular flexibility index (Phi) is 10.2. The number of halogens is 2. The number of hydrogen-bond acceptors (Lipinski definition) is 8. The van der Waals surface area contributed by atoms with Crippen LogP contribution in [-0.2, 0) is 36.3 Å². The van der Waals surface area contributed by atoms with Crippen LogP contribution in [-0.4, -0.2) is 73.5 Å². The van der Waals surface area contributed by atoms with Gasteiger partial charge in [-0.2, -0.15) is 0 Å². The Morgan fingerprint density at radius 1 is 1.05 bits per heavy atom. The number of esters is 1. The molecule has 0 spiro atoms. The predicted molar refractivity (Wildman–Crippen MR) is 163 cm³/mol. The van der Waals surface area contributed by atoms with Gasteiger partial charge in [0.05, 0.1) is 34.6 Å². The van der Waals surface area contributed by atoms with Crippen molar-refractivity contribution >= 4 is 38.8 Å². The molecule has 1 aliphatic carbocycles. The maximum absolute atomic E-state index is 15.4. The van der Waals surface area contributed by atoms with Crippen LogP contribution in [0, 0.1) is 11.6 Å². The number of benzene rings is 1. The number of Topliss-reactive ketones (excluding diaryl/α,β-unsaturated/α-hetero) is 1. The van der Waals surface area contributed by atoms with Crippen molar-refractivity contribution in [2.75, 3.05) is 36.8 Å². The Morgan fingerprint density at radius 3 is 2.41 bits per heavy atom. The van der Waals surface area contributed by atoms with Gasteiger partial charge < -0.3 is 14.5 Å². The first-order chi connectivity index (χ1) is 20.7. The molecule has 2 heterocycles. The number of rotatable bonds is 11. The highest BCUT2D eigenvalue weighted by Crippen LogP contribution is 2.34. The smallest absolute Gasteiger partial charge is 0.306 e. The van der Waals surface area contributed by atoms with E-state index in [1.54, 1.807) is 50.9 Å². The standard InChI is InChI=1S/C32H39F2N3O6S/c1-5-17-44(41,42)20-21-9-11-25(33)29(30(21)34)31(40)23-10-12-26-24(23)18-22(19-35-26)36-13-15-37(16-14-36)27(38)7-6-8-28(39)43-32(2,3)4/h9-11,18-19H,5-8,12-17,20H2,1-4H3. The molecular formula is C32H39F2N3O6S. The molecule has 2 aliphatic rings. The first kappa shape index (κ1) is 33.2. The van der Waals surface area contributed by atoms with Crippen LogP contribution in [0.4, 0.5) is 14.5 Å². The molecule has 0 bridgehead atoms. The highest BCUT2D eigenvalue weighted by molar-refractivity contribution is 7.90. The normalized spacial score (nSPS) is 15.2. The molecule has 2 aromatic rings. The Morgan fingerprint density at radius 2 is 1.75 bits per heavy atom. The third-order valence-corrected chi connectivity index (χ3v) is 9.25. The third kappa shape index (κ3) is 8.08. The van der Waals surface area contributed by atoms with Gasteiger partial charge in [-0.15, -0.1) is 0 Å². The average molecular weight is 632 g/mol. The van der Waals surface area contributed by atoms with Gasteiger partial charge in [0.1, 0.15) is 17.2 Å². The van der Waals surface area contributed by atoms with Crippen LogP contribution in [0.2, 0.25) is 0 Å². The third-order valence-electron chi connectivity index (χ3n) is 7.47. The zero-order valence-corrected chi connectivity index (χ0v) is 26.4. The number of hydrogen-bond donors (Lipinski definition) is 0. The van der Waals surface area contributed by atoms with Crippen LogP contribution in [0.1, 0.15) is 80.6 Å². The minimum absolute atomic E-state index is 0.0371. The number of ether oxygens (including phenoxy) is 1. The Balaban J connectivity index is 1.41. The van der Waals surface area contributed by atoms with Crippen molar-refractivity contribution in [3.8, 4) is 0 Å². The number of carbonyl (C=O) groups is 3. The Hall–Kier alpha value is -3.67. The number of allylic oxidation sites excluding steroid dienone is 2. The Bertz CT molecular complexity index is 1570. The molecular weight excluding hydrogens is 592 g/mol. The molecule has 1 saturated heterocycles. The lowest BCUT2D eigenvalue weighted by atomic mass is 9.97. The van der Waals surface area contributed by atoms with Gasteiger partial charge in [0.15, 0.2) is 15.6 Å². The number of sulfone groups is 1. The van der Waals surface area contributed by atoms with Crippen molar-refractivity contribution < 1.29 is 36.3 Å². The highest BCUT2D eigenvalue weighted by atomic mass is 32.2. The van der Waals surface area contributed by atoms with E-state index in [9.17, 15) is 27.2 Å². The number of fused-ring (bicyclic) bond motifs is 1. The van der Waals surface area contributed by atoms with Crippen LogP contribution in [0.3, 0.4) is 0 Å². The summed E-state index contributed by atoms with van der Waals surface area (Å²) in [6, 6.07) is 3.76. The number of pyridine rings is 1. The Labute approximate surface area is 257 Å². The van der Waals surface area contributed by atoms with Crippen molar-refractivity contribution in [1.82, 2.24) is 9.88 Å². The van der Waals surface area contributed by atoms with Gasteiger partial charge in [-0.25, -0.2) is 17.2 Å². The highest BCUT2D eigenvalue weighted by Gasteiger charge is 2.30. The molecule has 0 unspecified atom stereocenters. The average Bonchev–Trinajstić information content (AvgIpc) is 3.37.